The Balaban J connectivity index is 2.51. The van der Waals surface area contributed by atoms with Gasteiger partial charge < -0.3 is 5.73 Å². The van der Waals surface area contributed by atoms with Gasteiger partial charge in [-0.05, 0) is 31.5 Å². The van der Waals surface area contributed by atoms with Crippen LogP contribution in [0.15, 0.2) is 24.5 Å². The summed E-state index contributed by atoms with van der Waals surface area (Å²) in [5, 5.41) is 4.16. The molecule has 82 valence electrons. The molecule has 0 atom stereocenters. The third-order valence-corrected chi connectivity index (χ3v) is 2.36. The fourth-order valence-corrected chi connectivity index (χ4v) is 1.49. The summed E-state index contributed by atoms with van der Waals surface area (Å²) in [6, 6.07) is 5.42. The molecule has 5 heteroatoms. The van der Waals surface area contributed by atoms with E-state index < -0.39 is 5.91 Å². The molecule has 2 N–H and O–H groups in total. The molecule has 0 spiro atoms. The summed E-state index contributed by atoms with van der Waals surface area (Å²) >= 11 is 0. The van der Waals surface area contributed by atoms with Crippen molar-refractivity contribution in [1.29, 1.82) is 0 Å². The number of carbonyl (C=O) groups is 1. The SMILES string of the molecule is Cc1ncn(-c2ccc(C)c(C(N)=O)c2)n1. The van der Waals surface area contributed by atoms with Crippen molar-refractivity contribution in [3.63, 3.8) is 0 Å². The number of benzene rings is 1. The lowest BCUT2D eigenvalue weighted by Gasteiger charge is -2.05. The topological polar surface area (TPSA) is 73.8 Å². The van der Waals surface area contributed by atoms with Crippen LogP contribution < -0.4 is 5.73 Å². The normalized spacial score (nSPS) is 10.4. The molecule has 1 aromatic carbocycles. The predicted octanol–water partition coefficient (Wildman–Crippen LogP) is 0.983. The van der Waals surface area contributed by atoms with Crippen molar-refractivity contribution in [3.8, 4) is 5.69 Å². The lowest BCUT2D eigenvalue weighted by Crippen LogP contribution is -2.13. The van der Waals surface area contributed by atoms with Crippen LogP contribution in [-0.2, 0) is 0 Å². The zero-order chi connectivity index (χ0) is 11.7. The van der Waals surface area contributed by atoms with Crippen molar-refractivity contribution in [2.45, 2.75) is 13.8 Å². The Morgan fingerprint density at radius 2 is 2.12 bits per heavy atom. The van der Waals surface area contributed by atoms with Gasteiger partial charge in [0, 0.05) is 5.56 Å². The third-order valence-electron chi connectivity index (χ3n) is 2.36. The first-order valence-corrected chi connectivity index (χ1v) is 4.87. The molecule has 0 saturated carbocycles. The first-order chi connectivity index (χ1) is 7.58. The number of carbonyl (C=O) groups excluding carboxylic acids is 1. The van der Waals surface area contributed by atoms with Crippen molar-refractivity contribution in [2.75, 3.05) is 0 Å². The molecule has 2 rings (SSSR count). The second-order valence-corrected chi connectivity index (χ2v) is 3.60. The van der Waals surface area contributed by atoms with Crippen LogP contribution in [0.2, 0.25) is 0 Å². The van der Waals surface area contributed by atoms with Gasteiger partial charge in [-0.15, -0.1) is 0 Å². The van der Waals surface area contributed by atoms with Gasteiger partial charge in [-0.3, -0.25) is 4.79 Å². The van der Waals surface area contributed by atoms with Crippen LogP contribution in [0.3, 0.4) is 0 Å². The summed E-state index contributed by atoms with van der Waals surface area (Å²) in [4.78, 5) is 15.2. The molecule has 0 fully saturated rings. The highest BCUT2D eigenvalue weighted by molar-refractivity contribution is 5.94. The second-order valence-electron chi connectivity index (χ2n) is 3.60. The van der Waals surface area contributed by atoms with Gasteiger partial charge in [-0.25, -0.2) is 9.67 Å². The van der Waals surface area contributed by atoms with Gasteiger partial charge >= 0.3 is 0 Å². The van der Waals surface area contributed by atoms with Crippen LogP contribution in [-0.4, -0.2) is 20.7 Å². The summed E-state index contributed by atoms with van der Waals surface area (Å²) in [7, 11) is 0. The number of amides is 1. The number of rotatable bonds is 2. The minimum absolute atomic E-state index is 0.434. The highest BCUT2D eigenvalue weighted by atomic mass is 16.1. The summed E-state index contributed by atoms with van der Waals surface area (Å²) < 4.78 is 1.61. The molecular weight excluding hydrogens is 204 g/mol. The third kappa shape index (κ3) is 1.79. The van der Waals surface area contributed by atoms with Gasteiger partial charge in [0.1, 0.15) is 12.2 Å². The van der Waals surface area contributed by atoms with Crippen LogP contribution in [0.5, 0.6) is 0 Å². The molecule has 1 aromatic heterocycles. The van der Waals surface area contributed by atoms with Crippen molar-refractivity contribution < 1.29 is 4.79 Å². The first-order valence-electron chi connectivity index (χ1n) is 4.87. The molecule has 5 nitrogen and oxygen atoms in total. The van der Waals surface area contributed by atoms with E-state index in [4.69, 9.17) is 5.73 Å². The Hall–Kier alpha value is -2.17. The highest BCUT2D eigenvalue weighted by Crippen LogP contribution is 2.13. The van der Waals surface area contributed by atoms with E-state index in [0.717, 1.165) is 11.3 Å². The largest absolute Gasteiger partial charge is 0.366 e. The summed E-state index contributed by atoms with van der Waals surface area (Å²) in [6.45, 7) is 3.65. The number of nitrogens with two attached hydrogens (primary N) is 1. The van der Waals surface area contributed by atoms with Gasteiger partial charge in [0.15, 0.2) is 0 Å². The van der Waals surface area contributed by atoms with E-state index in [-0.39, 0.29) is 0 Å². The smallest absolute Gasteiger partial charge is 0.249 e. The Labute approximate surface area is 92.9 Å². The molecule has 0 bridgehead atoms. The van der Waals surface area contributed by atoms with Gasteiger partial charge in [-0.2, -0.15) is 5.10 Å². The van der Waals surface area contributed by atoms with E-state index in [0.29, 0.717) is 11.4 Å². The maximum Gasteiger partial charge on any atom is 0.249 e. The molecule has 0 unspecified atom stereocenters. The van der Waals surface area contributed by atoms with Gasteiger partial charge in [0.2, 0.25) is 5.91 Å². The van der Waals surface area contributed by atoms with Crippen molar-refractivity contribution in [2.24, 2.45) is 5.73 Å². The Bertz CT molecular complexity index is 545. The standard InChI is InChI=1S/C11H12N4O/c1-7-3-4-9(5-10(7)11(12)16)15-6-13-8(2)14-15/h3-6H,1-2H3,(H2,12,16). The number of hydrogen-bond acceptors (Lipinski definition) is 3. The van der Waals surface area contributed by atoms with Gasteiger partial charge in [0.05, 0.1) is 5.69 Å². The van der Waals surface area contributed by atoms with Gasteiger partial charge in [0.25, 0.3) is 0 Å². The molecule has 1 amide bonds. The fourth-order valence-electron chi connectivity index (χ4n) is 1.49. The number of nitrogens with zero attached hydrogens (tertiary/aromatic N) is 3. The predicted molar refractivity (Wildman–Crippen MR) is 59.4 cm³/mol. The number of aromatic nitrogens is 3. The molecule has 0 saturated heterocycles. The van der Waals surface area contributed by atoms with Crippen LogP contribution in [0.1, 0.15) is 21.7 Å². The van der Waals surface area contributed by atoms with E-state index in [1.165, 1.54) is 0 Å². The molecule has 2 aromatic rings. The molecule has 0 aliphatic carbocycles. The van der Waals surface area contributed by atoms with Crippen molar-refractivity contribution in [3.05, 3.63) is 41.5 Å². The number of hydrogen-bond donors (Lipinski definition) is 1. The fraction of sp³-hybridized carbons (Fsp3) is 0.182. The van der Waals surface area contributed by atoms with Crippen LogP contribution in [0, 0.1) is 13.8 Å². The lowest BCUT2D eigenvalue weighted by atomic mass is 10.1. The van der Waals surface area contributed by atoms with E-state index in [9.17, 15) is 4.79 Å². The summed E-state index contributed by atoms with van der Waals surface area (Å²) in [5.41, 5.74) is 7.42. The highest BCUT2D eigenvalue weighted by Gasteiger charge is 2.07. The maximum absolute atomic E-state index is 11.2. The average molecular weight is 216 g/mol. The molecule has 0 aliphatic rings. The Morgan fingerprint density at radius 1 is 1.38 bits per heavy atom. The van der Waals surface area contributed by atoms with E-state index >= 15 is 0 Å². The first kappa shape index (κ1) is 10.4. The van der Waals surface area contributed by atoms with Crippen LogP contribution >= 0.6 is 0 Å². The Morgan fingerprint density at radius 3 is 2.69 bits per heavy atom. The number of primary amides is 1. The van der Waals surface area contributed by atoms with E-state index in [2.05, 4.69) is 10.1 Å². The zero-order valence-electron chi connectivity index (χ0n) is 9.14. The molecular formula is C11H12N4O. The van der Waals surface area contributed by atoms with Crippen LogP contribution in [0.4, 0.5) is 0 Å². The summed E-state index contributed by atoms with van der Waals surface area (Å²) in [6.07, 6.45) is 1.60. The van der Waals surface area contributed by atoms with Crippen LogP contribution in [0.25, 0.3) is 5.69 Å². The monoisotopic (exact) mass is 216 g/mol. The molecule has 0 radical (unpaired) electrons. The molecule has 0 aliphatic heterocycles. The minimum Gasteiger partial charge on any atom is -0.366 e. The second kappa shape index (κ2) is 3.77. The Kier molecular flexibility index (Phi) is 2.44. The van der Waals surface area contributed by atoms with E-state index in [1.54, 1.807) is 24.0 Å². The van der Waals surface area contributed by atoms with Crippen molar-refractivity contribution >= 4 is 5.91 Å². The van der Waals surface area contributed by atoms with E-state index in [1.807, 2.05) is 19.1 Å². The molecule has 1 heterocycles. The number of aryl methyl sites for hydroxylation is 2. The average Bonchev–Trinajstić information content (AvgIpc) is 2.65. The quantitative estimate of drug-likeness (QED) is 0.813. The minimum atomic E-state index is -0.434. The summed E-state index contributed by atoms with van der Waals surface area (Å²) in [5.74, 6) is 0.248. The maximum atomic E-state index is 11.2. The van der Waals surface area contributed by atoms with Crippen molar-refractivity contribution in [1.82, 2.24) is 14.8 Å². The molecule has 16 heavy (non-hydrogen) atoms. The zero-order valence-corrected chi connectivity index (χ0v) is 9.14. The lowest BCUT2D eigenvalue weighted by molar-refractivity contribution is 0.0999. The van der Waals surface area contributed by atoms with Gasteiger partial charge in [-0.1, -0.05) is 6.07 Å².